The first kappa shape index (κ1) is 19.7. The zero-order chi connectivity index (χ0) is 20.8. The molecule has 0 bridgehead atoms. The van der Waals surface area contributed by atoms with Gasteiger partial charge < -0.3 is 4.57 Å². The van der Waals surface area contributed by atoms with Crippen molar-refractivity contribution in [2.24, 2.45) is 0 Å². The van der Waals surface area contributed by atoms with Crippen molar-refractivity contribution in [2.45, 2.75) is 44.1 Å². The summed E-state index contributed by atoms with van der Waals surface area (Å²) >= 11 is 1.27. The lowest BCUT2D eigenvalue weighted by Crippen LogP contribution is -2.09. The zero-order valence-electron chi connectivity index (χ0n) is 15.8. The number of aryl methyl sites for hydroxylation is 1. The third-order valence-electron chi connectivity index (χ3n) is 4.85. The monoisotopic (exact) mass is 421 g/mol. The molecule has 2 heterocycles. The highest BCUT2D eigenvalue weighted by molar-refractivity contribution is 7.99. The maximum absolute atomic E-state index is 13.1. The highest BCUT2D eigenvalue weighted by Gasteiger charge is 2.31. The van der Waals surface area contributed by atoms with Crippen LogP contribution in [0.15, 0.2) is 35.5 Å². The first-order valence-electron chi connectivity index (χ1n) is 9.06. The molecular weight excluding hydrogens is 403 g/mol. The van der Waals surface area contributed by atoms with Crippen molar-refractivity contribution in [2.75, 3.05) is 5.75 Å². The number of rotatable bonds is 6. The molecular formula is C19H18F3N5OS. The lowest BCUT2D eigenvalue weighted by atomic mass is 10.1. The van der Waals surface area contributed by atoms with E-state index in [0.717, 1.165) is 25.0 Å². The lowest BCUT2D eigenvalue weighted by Gasteiger charge is -2.13. The number of aromatic nitrogens is 5. The molecule has 0 radical (unpaired) electrons. The summed E-state index contributed by atoms with van der Waals surface area (Å²) in [5, 5.41) is 12.2. The Morgan fingerprint density at radius 3 is 2.69 bits per heavy atom. The molecule has 10 heteroatoms. The van der Waals surface area contributed by atoms with Crippen LogP contribution in [-0.4, -0.2) is 36.3 Å². The van der Waals surface area contributed by atoms with E-state index in [2.05, 4.69) is 15.5 Å². The van der Waals surface area contributed by atoms with Crippen LogP contribution in [-0.2, 0) is 6.18 Å². The largest absolute Gasteiger partial charge is 0.416 e. The maximum atomic E-state index is 13.1. The molecule has 1 saturated carbocycles. The van der Waals surface area contributed by atoms with E-state index >= 15 is 0 Å². The number of thioether (sulfide) groups is 1. The van der Waals surface area contributed by atoms with Crippen molar-refractivity contribution >= 4 is 17.5 Å². The molecule has 6 nitrogen and oxygen atoms in total. The molecule has 0 atom stereocenters. The van der Waals surface area contributed by atoms with Crippen LogP contribution in [0.5, 0.6) is 0 Å². The number of hydrogen-bond acceptors (Lipinski definition) is 5. The van der Waals surface area contributed by atoms with Gasteiger partial charge in [0.1, 0.15) is 0 Å². The third kappa shape index (κ3) is 3.93. The Labute approximate surface area is 169 Å². The number of alkyl halides is 3. The van der Waals surface area contributed by atoms with E-state index in [1.807, 2.05) is 0 Å². The Bertz CT molecular complexity index is 1070. The summed E-state index contributed by atoms with van der Waals surface area (Å²) in [7, 11) is 0. The molecule has 29 heavy (non-hydrogen) atoms. The Balaban J connectivity index is 1.57. The van der Waals surface area contributed by atoms with Crippen molar-refractivity contribution in [1.29, 1.82) is 0 Å². The fourth-order valence-corrected chi connectivity index (χ4v) is 4.13. The van der Waals surface area contributed by atoms with E-state index in [0.29, 0.717) is 33.8 Å². The van der Waals surface area contributed by atoms with E-state index in [-0.39, 0.29) is 11.5 Å². The van der Waals surface area contributed by atoms with Gasteiger partial charge in [0.2, 0.25) is 5.16 Å². The highest BCUT2D eigenvalue weighted by atomic mass is 32.2. The second kappa shape index (κ2) is 7.33. The second-order valence-corrected chi connectivity index (χ2v) is 7.96. The fourth-order valence-electron chi connectivity index (χ4n) is 3.30. The van der Waals surface area contributed by atoms with Crippen molar-refractivity contribution < 1.29 is 18.0 Å². The highest BCUT2D eigenvalue weighted by Crippen LogP contribution is 2.36. The minimum Gasteiger partial charge on any atom is -0.318 e. The number of ketones is 1. The van der Waals surface area contributed by atoms with Crippen LogP contribution < -0.4 is 0 Å². The van der Waals surface area contributed by atoms with Gasteiger partial charge in [0.25, 0.3) is 0 Å². The SMILES string of the molecule is Cc1cc(C(=O)CSc2nnnn2C2CC2)c(C)n1-c1cccc(C(F)(F)F)c1. The first-order valence-corrected chi connectivity index (χ1v) is 10.0. The number of hydrogen-bond donors (Lipinski definition) is 0. The summed E-state index contributed by atoms with van der Waals surface area (Å²) in [6, 6.07) is 7.11. The Morgan fingerprint density at radius 2 is 2.00 bits per heavy atom. The van der Waals surface area contributed by atoms with Crippen molar-refractivity contribution in [3.63, 3.8) is 0 Å². The van der Waals surface area contributed by atoms with Gasteiger partial charge in [-0.05, 0) is 61.4 Å². The molecule has 4 rings (SSSR count). The molecule has 0 spiro atoms. The summed E-state index contributed by atoms with van der Waals surface area (Å²) < 4.78 is 42.6. The van der Waals surface area contributed by atoms with Gasteiger partial charge in [0.05, 0.1) is 17.4 Å². The molecule has 0 aliphatic heterocycles. The van der Waals surface area contributed by atoms with Crippen LogP contribution in [0.2, 0.25) is 0 Å². The zero-order valence-corrected chi connectivity index (χ0v) is 16.6. The van der Waals surface area contributed by atoms with Gasteiger partial charge in [0.15, 0.2) is 5.78 Å². The fraction of sp³-hybridized carbons (Fsp3) is 0.368. The molecule has 1 aliphatic rings. The molecule has 152 valence electrons. The van der Waals surface area contributed by atoms with E-state index < -0.39 is 11.7 Å². The number of benzene rings is 1. The summed E-state index contributed by atoms with van der Waals surface area (Å²) in [5.41, 5.74) is 1.43. The Kier molecular flexibility index (Phi) is 4.97. The predicted molar refractivity (Wildman–Crippen MR) is 101 cm³/mol. The number of halogens is 3. The molecule has 1 aromatic carbocycles. The van der Waals surface area contributed by atoms with Gasteiger partial charge in [-0.2, -0.15) is 13.2 Å². The van der Waals surface area contributed by atoms with Crippen LogP contribution in [0.25, 0.3) is 5.69 Å². The summed E-state index contributed by atoms with van der Waals surface area (Å²) in [5.74, 6) is 0.0339. The number of Topliss-reactive ketones (excluding diaryl/α,β-unsaturated/α-hetero) is 1. The van der Waals surface area contributed by atoms with Crippen LogP contribution >= 0.6 is 11.8 Å². The van der Waals surface area contributed by atoms with Crippen molar-refractivity contribution in [3.05, 3.63) is 52.8 Å². The average molecular weight is 421 g/mol. The summed E-state index contributed by atoms with van der Waals surface area (Å²) in [4.78, 5) is 12.8. The van der Waals surface area contributed by atoms with Gasteiger partial charge in [-0.1, -0.05) is 17.8 Å². The van der Waals surface area contributed by atoms with E-state index in [1.54, 1.807) is 35.2 Å². The molecule has 1 fully saturated rings. The van der Waals surface area contributed by atoms with E-state index in [1.165, 1.54) is 17.8 Å². The smallest absolute Gasteiger partial charge is 0.318 e. The van der Waals surface area contributed by atoms with E-state index in [4.69, 9.17) is 0 Å². The quantitative estimate of drug-likeness (QED) is 0.436. The minimum absolute atomic E-state index is 0.119. The molecule has 1 aliphatic carbocycles. The maximum Gasteiger partial charge on any atom is 0.416 e. The van der Waals surface area contributed by atoms with Gasteiger partial charge >= 0.3 is 6.18 Å². The van der Waals surface area contributed by atoms with Crippen LogP contribution in [0.4, 0.5) is 13.2 Å². The standard InChI is InChI=1S/C19H18F3N5OS/c1-11-8-16(17(28)10-29-18-23-24-25-27(18)14-6-7-14)12(2)26(11)15-5-3-4-13(9-15)19(20,21)22/h3-5,8-9,14H,6-7,10H2,1-2H3. The molecule has 0 unspecified atom stereocenters. The first-order chi connectivity index (χ1) is 13.8. The van der Waals surface area contributed by atoms with Crippen molar-refractivity contribution in [1.82, 2.24) is 24.8 Å². The average Bonchev–Trinajstić information content (AvgIpc) is 3.33. The summed E-state index contributed by atoms with van der Waals surface area (Å²) in [6.45, 7) is 3.50. The van der Waals surface area contributed by atoms with Crippen molar-refractivity contribution in [3.8, 4) is 5.69 Å². The Hall–Kier alpha value is -2.62. The third-order valence-corrected chi connectivity index (χ3v) is 5.78. The lowest BCUT2D eigenvalue weighted by molar-refractivity contribution is -0.137. The number of tetrazole rings is 1. The van der Waals surface area contributed by atoms with Crippen LogP contribution in [0.3, 0.4) is 0 Å². The molecule has 2 aromatic heterocycles. The number of carbonyl (C=O) groups is 1. The van der Waals surface area contributed by atoms with Gasteiger partial charge in [0, 0.05) is 22.6 Å². The van der Waals surface area contributed by atoms with E-state index in [9.17, 15) is 18.0 Å². The normalized spacial score (nSPS) is 14.4. The van der Waals surface area contributed by atoms with Gasteiger partial charge in [-0.15, -0.1) is 5.10 Å². The summed E-state index contributed by atoms with van der Waals surface area (Å²) in [6.07, 6.45) is -2.36. The van der Waals surface area contributed by atoms with Gasteiger partial charge in [-0.25, -0.2) is 4.68 Å². The Morgan fingerprint density at radius 1 is 1.24 bits per heavy atom. The number of carbonyl (C=O) groups excluding carboxylic acids is 1. The van der Waals surface area contributed by atoms with Crippen LogP contribution in [0.1, 0.15) is 46.2 Å². The minimum atomic E-state index is -4.42. The second-order valence-electron chi connectivity index (χ2n) is 7.02. The molecule has 3 aromatic rings. The topological polar surface area (TPSA) is 65.6 Å². The number of nitrogens with zero attached hydrogens (tertiary/aromatic N) is 5. The predicted octanol–water partition coefficient (Wildman–Crippen LogP) is 4.41. The van der Waals surface area contributed by atoms with Crippen LogP contribution in [0, 0.1) is 13.8 Å². The molecule has 0 N–H and O–H groups in total. The molecule has 0 saturated heterocycles. The van der Waals surface area contributed by atoms with Gasteiger partial charge in [-0.3, -0.25) is 4.79 Å². The molecule has 0 amide bonds.